The van der Waals surface area contributed by atoms with E-state index in [-0.39, 0.29) is 18.2 Å². The van der Waals surface area contributed by atoms with E-state index >= 15 is 0 Å². The van der Waals surface area contributed by atoms with Crippen molar-refractivity contribution < 1.29 is 4.79 Å². The van der Waals surface area contributed by atoms with Crippen LogP contribution >= 0.6 is 39.3 Å². The average Bonchev–Trinajstić information content (AvgIpc) is 2.60. The molecule has 0 aliphatic carbocycles. The van der Waals surface area contributed by atoms with Gasteiger partial charge in [-0.1, -0.05) is 57.9 Å². The van der Waals surface area contributed by atoms with Crippen molar-refractivity contribution in [2.45, 2.75) is 18.1 Å². The molecule has 1 N–H and O–H groups in total. The van der Waals surface area contributed by atoms with Crippen LogP contribution in [0.1, 0.15) is 23.5 Å². The summed E-state index contributed by atoms with van der Waals surface area (Å²) < 4.78 is 0.929. The molecule has 6 heteroatoms. The van der Waals surface area contributed by atoms with Crippen LogP contribution < -0.4 is 5.32 Å². The topological polar surface area (TPSA) is 52.9 Å². The van der Waals surface area contributed by atoms with E-state index in [4.69, 9.17) is 11.6 Å². The van der Waals surface area contributed by atoms with Crippen LogP contribution in [-0.4, -0.2) is 5.91 Å². The summed E-state index contributed by atoms with van der Waals surface area (Å²) in [7, 11) is 0. The number of nitrogens with zero attached hydrogens (tertiary/aromatic N) is 1. The highest BCUT2D eigenvalue weighted by Crippen LogP contribution is 2.38. The number of amides is 1. The van der Waals surface area contributed by atoms with E-state index in [0.29, 0.717) is 21.4 Å². The zero-order chi connectivity index (χ0) is 17.8. The third kappa shape index (κ3) is 4.27. The van der Waals surface area contributed by atoms with Gasteiger partial charge in [-0.25, -0.2) is 0 Å². The third-order valence-electron chi connectivity index (χ3n) is 3.94. The molecule has 0 saturated carbocycles. The van der Waals surface area contributed by atoms with Gasteiger partial charge in [-0.3, -0.25) is 4.79 Å². The molecule has 0 fully saturated rings. The van der Waals surface area contributed by atoms with Gasteiger partial charge in [0.15, 0.2) is 0 Å². The first kappa shape index (κ1) is 18.1. The van der Waals surface area contributed by atoms with E-state index in [9.17, 15) is 10.1 Å². The van der Waals surface area contributed by atoms with Gasteiger partial charge in [-0.15, -0.1) is 11.8 Å². The molecule has 0 unspecified atom stereocenters. The summed E-state index contributed by atoms with van der Waals surface area (Å²) in [6.45, 7) is 0. The van der Waals surface area contributed by atoms with Crippen molar-refractivity contribution in [1.29, 1.82) is 5.26 Å². The summed E-state index contributed by atoms with van der Waals surface area (Å²) in [5.74, 6) is 0.279. The fourth-order valence-electron chi connectivity index (χ4n) is 2.71. The van der Waals surface area contributed by atoms with Gasteiger partial charge in [-0.05, 0) is 29.3 Å². The molecule has 0 radical (unpaired) electrons. The highest BCUT2D eigenvalue weighted by molar-refractivity contribution is 9.10. The van der Waals surface area contributed by atoms with Crippen molar-refractivity contribution in [2.75, 3.05) is 0 Å². The fraction of sp³-hybridized carbons (Fsp3) is 0.158. The first-order valence-corrected chi connectivity index (χ1v) is 9.80. The number of carbonyl (C=O) groups is 1. The van der Waals surface area contributed by atoms with Crippen molar-refractivity contribution in [2.24, 2.45) is 0 Å². The predicted molar refractivity (Wildman–Crippen MR) is 105 cm³/mol. The average molecular weight is 434 g/mol. The van der Waals surface area contributed by atoms with Crippen LogP contribution in [0.4, 0.5) is 0 Å². The Morgan fingerprint density at radius 1 is 1.28 bits per heavy atom. The Bertz CT molecular complexity index is 891. The molecule has 0 bridgehead atoms. The smallest absolute Gasteiger partial charge is 0.225 e. The predicted octanol–water partition coefficient (Wildman–Crippen LogP) is 5.37. The van der Waals surface area contributed by atoms with Crippen LogP contribution in [-0.2, 0) is 10.5 Å². The van der Waals surface area contributed by atoms with E-state index in [0.717, 1.165) is 15.6 Å². The molecule has 0 spiro atoms. The van der Waals surface area contributed by atoms with Gasteiger partial charge in [0.1, 0.15) is 0 Å². The molecule has 1 atom stereocenters. The van der Waals surface area contributed by atoms with Crippen LogP contribution in [0.25, 0.3) is 0 Å². The van der Waals surface area contributed by atoms with Crippen LogP contribution in [0.3, 0.4) is 0 Å². The number of halogens is 2. The number of hydrogen-bond acceptors (Lipinski definition) is 3. The monoisotopic (exact) mass is 432 g/mol. The highest BCUT2D eigenvalue weighted by atomic mass is 79.9. The minimum absolute atomic E-state index is 0.0781. The maximum atomic E-state index is 12.2. The standard InChI is InChI=1S/C19H14BrClN2OS/c20-14-6-3-5-12(8-14)15-9-18(24)23-19(16(15)10-22)25-11-13-4-1-2-7-17(13)21/h1-8,15H,9,11H2,(H,23,24)/t15-/m0/s1. The number of allylic oxidation sites excluding steroid dienone is 1. The summed E-state index contributed by atoms with van der Waals surface area (Å²) >= 11 is 11.1. The summed E-state index contributed by atoms with van der Waals surface area (Å²) in [6, 6.07) is 17.6. The highest BCUT2D eigenvalue weighted by Gasteiger charge is 2.29. The maximum absolute atomic E-state index is 12.2. The molecule has 3 rings (SSSR count). The molecule has 2 aromatic rings. The first-order chi connectivity index (χ1) is 12.1. The molecule has 3 nitrogen and oxygen atoms in total. The second kappa shape index (κ2) is 8.09. The minimum atomic E-state index is -0.231. The molecule has 126 valence electrons. The van der Waals surface area contributed by atoms with Crippen LogP contribution in [0, 0.1) is 11.3 Å². The lowest BCUT2D eigenvalue weighted by atomic mass is 9.87. The maximum Gasteiger partial charge on any atom is 0.225 e. The van der Waals surface area contributed by atoms with Crippen molar-refractivity contribution in [3.8, 4) is 6.07 Å². The number of benzene rings is 2. The van der Waals surface area contributed by atoms with Crippen molar-refractivity contribution in [3.63, 3.8) is 0 Å². The van der Waals surface area contributed by atoms with E-state index in [1.807, 2.05) is 48.5 Å². The number of carbonyl (C=O) groups excluding carboxylic acids is 1. The zero-order valence-electron chi connectivity index (χ0n) is 13.1. The van der Waals surface area contributed by atoms with Gasteiger partial charge >= 0.3 is 0 Å². The van der Waals surface area contributed by atoms with Crippen molar-refractivity contribution >= 4 is 45.2 Å². The molecule has 0 saturated heterocycles. The normalized spacial score (nSPS) is 17.2. The van der Waals surface area contributed by atoms with Gasteiger partial charge < -0.3 is 5.32 Å². The van der Waals surface area contributed by atoms with E-state index in [1.54, 1.807) is 0 Å². The lowest BCUT2D eigenvalue weighted by Gasteiger charge is -2.25. The molecule has 1 aliphatic rings. The first-order valence-electron chi connectivity index (χ1n) is 7.64. The Kier molecular flexibility index (Phi) is 5.85. The Balaban J connectivity index is 1.91. The third-order valence-corrected chi connectivity index (χ3v) is 5.86. The summed E-state index contributed by atoms with van der Waals surface area (Å²) in [4.78, 5) is 12.2. The van der Waals surface area contributed by atoms with E-state index < -0.39 is 0 Å². The second-order valence-electron chi connectivity index (χ2n) is 5.59. The lowest BCUT2D eigenvalue weighted by Crippen LogP contribution is -2.30. The molecule has 25 heavy (non-hydrogen) atoms. The Morgan fingerprint density at radius 2 is 2.08 bits per heavy atom. The Morgan fingerprint density at radius 3 is 2.80 bits per heavy atom. The van der Waals surface area contributed by atoms with E-state index in [2.05, 4.69) is 27.3 Å². The SMILES string of the molecule is N#CC1=C(SCc2ccccc2Cl)NC(=O)C[C@H]1c1cccc(Br)c1. The molecular weight excluding hydrogens is 420 g/mol. The van der Waals surface area contributed by atoms with E-state index in [1.165, 1.54) is 11.8 Å². The van der Waals surface area contributed by atoms with Gasteiger partial charge in [0.25, 0.3) is 0 Å². The van der Waals surface area contributed by atoms with Gasteiger partial charge in [0.05, 0.1) is 16.7 Å². The molecule has 1 aliphatic heterocycles. The number of hydrogen-bond donors (Lipinski definition) is 1. The quantitative estimate of drug-likeness (QED) is 0.705. The summed E-state index contributed by atoms with van der Waals surface area (Å²) in [5, 5.41) is 13.8. The van der Waals surface area contributed by atoms with Crippen LogP contribution in [0.15, 0.2) is 63.6 Å². The summed E-state index contributed by atoms with van der Waals surface area (Å²) in [6.07, 6.45) is 0.273. The minimum Gasteiger partial charge on any atom is -0.320 e. The number of thioether (sulfide) groups is 1. The largest absolute Gasteiger partial charge is 0.320 e. The van der Waals surface area contributed by atoms with Crippen molar-refractivity contribution in [3.05, 3.63) is 79.8 Å². The summed E-state index contributed by atoms with van der Waals surface area (Å²) in [5.41, 5.74) is 2.52. The molecule has 2 aromatic carbocycles. The Labute approximate surface area is 164 Å². The number of rotatable bonds is 4. The zero-order valence-corrected chi connectivity index (χ0v) is 16.3. The van der Waals surface area contributed by atoms with Gasteiger partial charge in [0, 0.05) is 27.6 Å². The lowest BCUT2D eigenvalue weighted by molar-refractivity contribution is -0.120. The van der Waals surface area contributed by atoms with Gasteiger partial charge in [0.2, 0.25) is 5.91 Å². The second-order valence-corrected chi connectivity index (χ2v) is 7.90. The Hall–Kier alpha value is -1.74. The fourth-order valence-corrected chi connectivity index (χ4v) is 4.49. The number of nitriles is 1. The molecule has 1 heterocycles. The van der Waals surface area contributed by atoms with Crippen LogP contribution in [0.5, 0.6) is 0 Å². The molecular formula is C19H14BrClN2OS. The van der Waals surface area contributed by atoms with Gasteiger partial charge in [-0.2, -0.15) is 5.26 Å². The van der Waals surface area contributed by atoms with Crippen molar-refractivity contribution in [1.82, 2.24) is 5.32 Å². The van der Waals surface area contributed by atoms with Crippen LogP contribution in [0.2, 0.25) is 5.02 Å². The number of nitrogens with one attached hydrogen (secondary N) is 1. The molecule has 1 amide bonds. The molecule has 0 aromatic heterocycles.